The Morgan fingerprint density at radius 3 is 2.81 bits per heavy atom. The molecule has 1 aliphatic rings. The van der Waals surface area contributed by atoms with Gasteiger partial charge in [-0.1, -0.05) is 19.9 Å². The fraction of sp³-hybridized carbons (Fsp3) is 0.706. The molecule has 2 heterocycles. The summed E-state index contributed by atoms with van der Waals surface area (Å²) >= 11 is 2.08. The number of nitrogens with one attached hydrogen (secondary N) is 1. The molecule has 1 N–H and O–H groups in total. The van der Waals surface area contributed by atoms with Gasteiger partial charge in [0.1, 0.15) is 0 Å². The van der Waals surface area contributed by atoms with Gasteiger partial charge in [-0.25, -0.2) is 0 Å². The van der Waals surface area contributed by atoms with Crippen molar-refractivity contribution in [3.63, 3.8) is 0 Å². The van der Waals surface area contributed by atoms with Crippen molar-refractivity contribution in [2.24, 2.45) is 5.92 Å². The topological polar surface area (TPSA) is 28.2 Å². The van der Waals surface area contributed by atoms with Gasteiger partial charge < -0.3 is 5.32 Å². The van der Waals surface area contributed by atoms with E-state index in [9.17, 15) is 0 Å². The highest BCUT2D eigenvalue weighted by molar-refractivity contribution is 8.00. The van der Waals surface area contributed by atoms with Crippen LogP contribution in [0.2, 0.25) is 0 Å². The predicted molar refractivity (Wildman–Crippen MR) is 92.6 cm³/mol. The van der Waals surface area contributed by atoms with Crippen LogP contribution in [0.25, 0.3) is 0 Å². The van der Waals surface area contributed by atoms with E-state index in [1.165, 1.54) is 23.6 Å². The van der Waals surface area contributed by atoms with Gasteiger partial charge in [-0.2, -0.15) is 11.8 Å². The van der Waals surface area contributed by atoms with Crippen LogP contribution < -0.4 is 5.32 Å². The van der Waals surface area contributed by atoms with E-state index in [-0.39, 0.29) is 0 Å². The molecule has 0 amide bonds. The number of nitrogens with zero attached hydrogens (tertiary/aromatic N) is 2. The van der Waals surface area contributed by atoms with Gasteiger partial charge in [0.05, 0.1) is 5.69 Å². The van der Waals surface area contributed by atoms with Gasteiger partial charge in [0.15, 0.2) is 0 Å². The molecule has 1 aromatic rings. The summed E-state index contributed by atoms with van der Waals surface area (Å²) in [5.41, 5.74) is 2.46. The van der Waals surface area contributed by atoms with Crippen LogP contribution in [0.4, 0.5) is 0 Å². The van der Waals surface area contributed by atoms with Crippen molar-refractivity contribution in [3.05, 3.63) is 29.6 Å². The number of aromatic nitrogens is 1. The molecule has 1 saturated heterocycles. The first-order chi connectivity index (χ1) is 9.94. The van der Waals surface area contributed by atoms with Crippen molar-refractivity contribution >= 4 is 11.8 Å². The molecule has 118 valence electrons. The van der Waals surface area contributed by atoms with Crippen LogP contribution in [0.5, 0.6) is 0 Å². The molecule has 0 aromatic carbocycles. The van der Waals surface area contributed by atoms with E-state index >= 15 is 0 Å². The highest BCUT2D eigenvalue weighted by Crippen LogP contribution is 2.29. The summed E-state index contributed by atoms with van der Waals surface area (Å²) in [4.78, 5) is 7.15. The van der Waals surface area contributed by atoms with Crippen molar-refractivity contribution in [1.29, 1.82) is 0 Å². The second kappa shape index (κ2) is 7.61. The van der Waals surface area contributed by atoms with E-state index in [1.807, 2.05) is 6.20 Å². The Morgan fingerprint density at radius 1 is 1.38 bits per heavy atom. The smallest absolute Gasteiger partial charge is 0.0544 e. The molecule has 3 nitrogen and oxygen atoms in total. The summed E-state index contributed by atoms with van der Waals surface area (Å²) in [6.07, 6.45) is 2.02. The highest BCUT2D eigenvalue weighted by atomic mass is 32.2. The Hall–Kier alpha value is -0.580. The predicted octanol–water partition coefficient (Wildman–Crippen LogP) is 3.15. The fourth-order valence-electron chi connectivity index (χ4n) is 2.64. The van der Waals surface area contributed by atoms with Crippen molar-refractivity contribution in [2.45, 2.75) is 45.5 Å². The standard InChI is InChI=1S/C17H29N3S/c1-14(2)9-18-10-15-5-6-16(19-11-15)12-20-7-8-21-17(3,4)13-20/h5-6,11,14,18H,7-10,12-13H2,1-4H3. The average molecular weight is 308 g/mol. The zero-order valence-corrected chi connectivity index (χ0v) is 14.7. The Bertz CT molecular complexity index is 428. The summed E-state index contributed by atoms with van der Waals surface area (Å²) < 4.78 is 0.374. The maximum Gasteiger partial charge on any atom is 0.0544 e. The van der Waals surface area contributed by atoms with Gasteiger partial charge >= 0.3 is 0 Å². The minimum Gasteiger partial charge on any atom is -0.312 e. The monoisotopic (exact) mass is 307 g/mol. The number of thioether (sulfide) groups is 1. The lowest BCUT2D eigenvalue weighted by molar-refractivity contribution is 0.250. The molecule has 2 rings (SSSR count). The van der Waals surface area contributed by atoms with Crippen LogP contribution in [-0.2, 0) is 13.1 Å². The molecule has 0 aliphatic carbocycles. The lowest BCUT2D eigenvalue weighted by Gasteiger charge is -2.37. The second-order valence-electron chi connectivity index (χ2n) is 7.00. The quantitative estimate of drug-likeness (QED) is 0.874. The molecule has 4 heteroatoms. The van der Waals surface area contributed by atoms with Crippen LogP contribution in [0.1, 0.15) is 39.0 Å². The van der Waals surface area contributed by atoms with Gasteiger partial charge in [0.2, 0.25) is 0 Å². The number of hydrogen-bond donors (Lipinski definition) is 1. The van der Waals surface area contributed by atoms with Crippen LogP contribution in [0, 0.1) is 5.92 Å². The largest absolute Gasteiger partial charge is 0.312 e. The zero-order chi connectivity index (χ0) is 15.3. The van der Waals surface area contributed by atoms with Crippen LogP contribution >= 0.6 is 11.8 Å². The van der Waals surface area contributed by atoms with E-state index in [0.29, 0.717) is 10.7 Å². The summed E-state index contributed by atoms with van der Waals surface area (Å²) in [6.45, 7) is 14.4. The fourth-order valence-corrected chi connectivity index (χ4v) is 3.81. The lowest BCUT2D eigenvalue weighted by Crippen LogP contribution is -2.42. The molecular formula is C17H29N3S. The van der Waals surface area contributed by atoms with Gasteiger partial charge in [-0.05, 0) is 37.9 Å². The lowest BCUT2D eigenvalue weighted by atomic mass is 10.1. The summed E-state index contributed by atoms with van der Waals surface area (Å²) in [5.74, 6) is 1.92. The first-order valence-electron chi connectivity index (χ1n) is 7.95. The third-order valence-corrected chi connectivity index (χ3v) is 4.96. The molecule has 0 atom stereocenters. The summed E-state index contributed by atoms with van der Waals surface area (Å²) in [6, 6.07) is 4.39. The van der Waals surface area contributed by atoms with Gasteiger partial charge in [-0.15, -0.1) is 0 Å². The normalized spacial score (nSPS) is 19.1. The van der Waals surface area contributed by atoms with Crippen molar-refractivity contribution in [2.75, 3.05) is 25.4 Å². The van der Waals surface area contributed by atoms with Crippen LogP contribution in [-0.4, -0.2) is 40.0 Å². The Morgan fingerprint density at radius 2 is 2.19 bits per heavy atom. The molecule has 1 aliphatic heterocycles. The first kappa shape index (κ1) is 16.8. The summed E-state index contributed by atoms with van der Waals surface area (Å²) in [7, 11) is 0. The second-order valence-corrected chi connectivity index (χ2v) is 8.80. The minimum absolute atomic E-state index is 0.374. The molecular weight excluding hydrogens is 278 g/mol. The third kappa shape index (κ3) is 5.97. The SMILES string of the molecule is CC(C)CNCc1ccc(CN2CCSC(C)(C)C2)nc1. The highest BCUT2D eigenvalue weighted by Gasteiger charge is 2.26. The first-order valence-corrected chi connectivity index (χ1v) is 8.94. The van der Waals surface area contributed by atoms with E-state index in [1.54, 1.807) is 0 Å². The molecule has 1 aromatic heterocycles. The molecule has 0 radical (unpaired) electrons. The number of hydrogen-bond acceptors (Lipinski definition) is 4. The van der Waals surface area contributed by atoms with Crippen molar-refractivity contribution < 1.29 is 0 Å². The Kier molecular flexibility index (Phi) is 6.08. The van der Waals surface area contributed by atoms with E-state index in [2.05, 4.69) is 66.8 Å². The molecule has 0 spiro atoms. The molecule has 1 fully saturated rings. The van der Waals surface area contributed by atoms with Gasteiger partial charge in [0.25, 0.3) is 0 Å². The molecule has 0 saturated carbocycles. The Labute approximate surface area is 133 Å². The van der Waals surface area contributed by atoms with Crippen LogP contribution in [0.15, 0.2) is 18.3 Å². The van der Waals surface area contributed by atoms with E-state index < -0.39 is 0 Å². The molecule has 21 heavy (non-hydrogen) atoms. The van der Waals surface area contributed by atoms with Crippen molar-refractivity contribution in [1.82, 2.24) is 15.2 Å². The summed E-state index contributed by atoms with van der Waals surface area (Å²) in [5, 5.41) is 3.46. The van der Waals surface area contributed by atoms with E-state index in [0.717, 1.165) is 26.2 Å². The van der Waals surface area contributed by atoms with Gasteiger partial charge in [-0.3, -0.25) is 9.88 Å². The number of pyridine rings is 1. The zero-order valence-electron chi connectivity index (χ0n) is 13.9. The third-order valence-electron chi connectivity index (χ3n) is 3.66. The van der Waals surface area contributed by atoms with Crippen LogP contribution in [0.3, 0.4) is 0 Å². The Balaban J connectivity index is 1.82. The number of rotatable bonds is 6. The van der Waals surface area contributed by atoms with E-state index in [4.69, 9.17) is 0 Å². The maximum atomic E-state index is 4.63. The average Bonchev–Trinajstić information content (AvgIpc) is 2.39. The van der Waals surface area contributed by atoms with Gasteiger partial charge in [0, 0.05) is 42.9 Å². The minimum atomic E-state index is 0.374. The van der Waals surface area contributed by atoms with Crippen molar-refractivity contribution in [3.8, 4) is 0 Å². The molecule has 0 unspecified atom stereocenters. The molecule has 0 bridgehead atoms. The maximum absolute atomic E-state index is 4.63.